The minimum atomic E-state index is -0.357. The lowest BCUT2D eigenvalue weighted by Crippen LogP contribution is -2.20. The number of aryl methyl sites for hydroxylation is 1. The molecule has 0 bridgehead atoms. The minimum absolute atomic E-state index is 0.224. The zero-order valence-corrected chi connectivity index (χ0v) is 27.9. The Morgan fingerprint density at radius 2 is 1.70 bits per heavy atom. The van der Waals surface area contributed by atoms with E-state index in [0.717, 1.165) is 22.1 Å². The topological polar surface area (TPSA) is 105 Å². The number of nitrogens with zero attached hydrogens (tertiary/aromatic N) is 2. The van der Waals surface area contributed by atoms with Crippen molar-refractivity contribution >= 4 is 89.3 Å². The summed E-state index contributed by atoms with van der Waals surface area (Å²) in [6.07, 6.45) is 1.51. The molecule has 0 atom stereocenters. The van der Waals surface area contributed by atoms with Crippen molar-refractivity contribution < 1.29 is 14.3 Å². The van der Waals surface area contributed by atoms with Crippen LogP contribution in [-0.2, 0) is 4.79 Å². The van der Waals surface area contributed by atoms with Crippen LogP contribution in [-0.4, -0.2) is 29.6 Å². The van der Waals surface area contributed by atoms with Crippen LogP contribution in [0.15, 0.2) is 104 Å². The number of halogens is 3. The van der Waals surface area contributed by atoms with E-state index in [9.17, 15) is 9.59 Å². The van der Waals surface area contributed by atoms with Gasteiger partial charge in [-0.15, -0.1) is 11.3 Å². The molecule has 2 amide bonds. The summed E-state index contributed by atoms with van der Waals surface area (Å²) >= 11 is 14.5. The van der Waals surface area contributed by atoms with E-state index in [2.05, 4.69) is 58.0 Å². The molecule has 5 aromatic rings. The van der Waals surface area contributed by atoms with Gasteiger partial charge in [0, 0.05) is 22.2 Å². The van der Waals surface area contributed by atoms with Gasteiger partial charge in [-0.05, 0) is 92.9 Å². The first kappa shape index (κ1) is 31.4. The number of anilines is 3. The molecular weight excluding hydrogens is 730 g/mol. The molecule has 0 saturated heterocycles. The van der Waals surface area contributed by atoms with Crippen molar-refractivity contribution in [3.8, 4) is 17.0 Å². The molecule has 0 aliphatic rings. The Bertz CT molecular complexity index is 1810. The molecule has 1 heterocycles. The van der Waals surface area contributed by atoms with Crippen LogP contribution in [0.2, 0.25) is 5.02 Å². The number of hydrogen-bond donors (Lipinski definition) is 3. The predicted molar refractivity (Wildman–Crippen MR) is 184 cm³/mol. The predicted octanol–water partition coefficient (Wildman–Crippen LogP) is 8.82. The fourth-order valence-corrected chi connectivity index (χ4v) is 6.30. The third-order valence-corrected chi connectivity index (χ3v) is 8.41. The standard InChI is InChI=1S/C32H24Br2ClN5O3S/c1-19-6-12-23(13-7-19)37-32-39-28(18-44-32)21-8-10-22(11-9-21)31(42)40-36-16-20-14-24(33)30(25(34)15-20)43-17-29(41)38-27-5-3-2-4-26(27)35/h2-16,18H,17H2,1H3,(H,37,39)(H,38,41)(H,40,42)/b36-16+. The number of hydrogen-bond acceptors (Lipinski definition) is 7. The molecule has 3 N–H and O–H groups in total. The Labute approximate surface area is 279 Å². The molecule has 8 nitrogen and oxygen atoms in total. The first-order valence-corrected chi connectivity index (χ1v) is 16.0. The van der Waals surface area contributed by atoms with Gasteiger partial charge in [0.25, 0.3) is 11.8 Å². The third kappa shape index (κ3) is 8.32. The maximum Gasteiger partial charge on any atom is 0.271 e. The van der Waals surface area contributed by atoms with Gasteiger partial charge in [-0.25, -0.2) is 10.4 Å². The number of hydrazone groups is 1. The van der Waals surface area contributed by atoms with Crippen molar-refractivity contribution in [2.75, 3.05) is 17.2 Å². The van der Waals surface area contributed by atoms with Crippen LogP contribution in [0.5, 0.6) is 5.75 Å². The second-order valence-corrected chi connectivity index (χ2v) is 12.4. The van der Waals surface area contributed by atoms with Gasteiger partial charge >= 0.3 is 0 Å². The van der Waals surface area contributed by atoms with Gasteiger partial charge in [0.05, 0.1) is 31.6 Å². The number of thiazole rings is 1. The van der Waals surface area contributed by atoms with E-state index in [1.807, 2.05) is 48.7 Å². The van der Waals surface area contributed by atoms with E-state index in [1.54, 1.807) is 48.5 Å². The number of para-hydroxylation sites is 1. The summed E-state index contributed by atoms with van der Waals surface area (Å²) in [7, 11) is 0. The molecule has 0 radical (unpaired) electrons. The Balaban J connectivity index is 1.14. The zero-order valence-electron chi connectivity index (χ0n) is 23.1. The van der Waals surface area contributed by atoms with Gasteiger partial charge in [0.15, 0.2) is 11.7 Å². The maximum atomic E-state index is 12.7. The number of ether oxygens (including phenoxy) is 1. The molecule has 5 rings (SSSR count). The molecule has 0 spiro atoms. The summed E-state index contributed by atoms with van der Waals surface area (Å²) in [6, 6.07) is 25.7. The fraction of sp³-hybridized carbons (Fsp3) is 0.0625. The van der Waals surface area contributed by atoms with Crippen LogP contribution in [0.4, 0.5) is 16.5 Å². The average molecular weight is 754 g/mol. The van der Waals surface area contributed by atoms with Crippen LogP contribution in [0, 0.1) is 6.92 Å². The van der Waals surface area contributed by atoms with E-state index in [-0.39, 0.29) is 18.4 Å². The van der Waals surface area contributed by atoms with Crippen molar-refractivity contribution in [3.63, 3.8) is 0 Å². The number of benzene rings is 4. The average Bonchev–Trinajstić information content (AvgIpc) is 3.47. The Kier molecular flexibility index (Phi) is 10.4. The highest BCUT2D eigenvalue weighted by Crippen LogP contribution is 2.34. The van der Waals surface area contributed by atoms with Gasteiger partial charge in [-0.2, -0.15) is 5.10 Å². The number of amides is 2. The number of rotatable bonds is 10. The Hall–Kier alpha value is -4.03. The van der Waals surface area contributed by atoms with E-state index in [0.29, 0.717) is 36.5 Å². The fourth-order valence-electron chi connectivity index (χ4n) is 3.92. The van der Waals surface area contributed by atoms with Crippen LogP contribution in [0.3, 0.4) is 0 Å². The molecule has 0 fully saturated rings. The second kappa shape index (κ2) is 14.6. The van der Waals surface area contributed by atoms with Crippen LogP contribution >= 0.6 is 54.8 Å². The summed E-state index contributed by atoms with van der Waals surface area (Å²) < 4.78 is 6.89. The van der Waals surface area contributed by atoms with Crippen LogP contribution in [0.25, 0.3) is 11.3 Å². The number of carbonyl (C=O) groups is 2. The minimum Gasteiger partial charge on any atom is -0.481 e. The van der Waals surface area contributed by atoms with E-state index in [1.165, 1.54) is 23.1 Å². The van der Waals surface area contributed by atoms with E-state index < -0.39 is 0 Å². The monoisotopic (exact) mass is 751 g/mol. The number of aromatic nitrogens is 1. The second-order valence-electron chi connectivity index (χ2n) is 9.44. The Morgan fingerprint density at radius 1 is 1.00 bits per heavy atom. The van der Waals surface area contributed by atoms with E-state index in [4.69, 9.17) is 16.3 Å². The first-order chi connectivity index (χ1) is 21.2. The van der Waals surface area contributed by atoms with Crippen molar-refractivity contribution in [3.05, 3.63) is 121 Å². The largest absolute Gasteiger partial charge is 0.481 e. The number of nitrogens with one attached hydrogen (secondary N) is 3. The summed E-state index contributed by atoms with van der Waals surface area (Å²) in [4.78, 5) is 29.6. The SMILES string of the molecule is Cc1ccc(Nc2nc(-c3ccc(C(=O)N/N=C/c4cc(Br)c(OCC(=O)Nc5ccccc5Cl)c(Br)c4)cc3)cs2)cc1. The highest BCUT2D eigenvalue weighted by molar-refractivity contribution is 9.11. The summed E-state index contributed by atoms with van der Waals surface area (Å²) in [5, 5.41) is 13.3. The summed E-state index contributed by atoms with van der Waals surface area (Å²) in [6.45, 7) is 1.82. The summed E-state index contributed by atoms with van der Waals surface area (Å²) in [5.41, 5.74) is 8.08. The Morgan fingerprint density at radius 3 is 2.41 bits per heavy atom. The highest BCUT2D eigenvalue weighted by Gasteiger charge is 2.13. The van der Waals surface area contributed by atoms with Crippen LogP contribution < -0.4 is 20.8 Å². The molecule has 4 aromatic carbocycles. The lowest BCUT2D eigenvalue weighted by atomic mass is 10.1. The first-order valence-electron chi connectivity index (χ1n) is 13.1. The molecule has 222 valence electrons. The third-order valence-electron chi connectivity index (χ3n) is 6.15. The molecule has 0 aliphatic heterocycles. The summed E-state index contributed by atoms with van der Waals surface area (Å²) in [5.74, 6) is -0.265. The van der Waals surface area contributed by atoms with Gasteiger partial charge in [-0.1, -0.05) is 53.6 Å². The molecule has 1 aromatic heterocycles. The van der Waals surface area contributed by atoms with Crippen molar-refractivity contribution in [1.82, 2.24) is 10.4 Å². The molecule has 12 heteroatoms. The van der Waals surface area contributed by atoms with Gasteiger partial charge in [0.2, 0.25) is 0 Å². The van der Waals surface area contributed by atoms with Gasteiger partial charge in [0.1, 0.15) is 5.75 Å². The van der Waals surface area contributed by atoms with Crippen molar-refractivity contribution in [2.45, 2.75) is 6.92 Å². The van der Waals surface area contributed by atoms with Gasteiger partial charge in [-0.3, -0.25) is 9.59 Å². The molecular formula is C32H24Br2ClN5O3S. The van der Waals surface area contributed by atoms with E-state index >= 15 is 0 Å². The molecule has 0 aliphatic carbocycles. The molecule has 44 heavy (non-hydrogen) atoms. The molecule has 0 unspecified atom stereocenters. The maximum absolute atomic E-state index is 12.7. The van der Waals surface area contributed by atoms with Crippen LogP contribution in [0.1, 0.15) is 21.5 Å². The normalized spacial score (nSPS) is 10.9. The van der Waals surface area contributed by atoms with Gasteiger partial charge < -0.3 is 15.4 Å². The highest BCUT2D eigenvalue weighted by atomic mass is 79.9. The molecule has 0 saturated carbocycles. The quantitative estimate of drug-likeness (QED) is 0.0977. The number of carbonyl (C=O) groups excluding carboxylic acids is 2. The smallest absolute Gasteiger partial charge is 0.271 e. The van der Waals surface area contributed by atoms with Crippen molar-refractivity contribution in [2.24, 2.45) is 5.10 Å². The zero-order chi connectivity index (χ0) is 31.1. The van der Waals surface area contributed by atoms with Crippen molar-refractivity contribution in [1.29, 1.82) is 0 Å². The lowest BCUT2D eigenvalue weighted by Gasteiger charge is -2.12. The lowest BCUT2D eigenvalue weighted by molar-refractivity contribution is -0.118.